The molecule has 1 aliphatic carbocycles. The van der Waals surface area contributed by atoms with Gasteiger partial charge in [-0.05, 0) is 43.6 Å². The molecule has 0 saturated carbocycles. The van der Waals surface area contributed by atoms with Gasteiger partial charge in [0.1, 0.15) is 15.7 Å². The summed E-state index contributed by atoms with van der Waals surface area (Å²) in [6.45, 7) is 2.37. The summed E-state index contributed by atoms with van der Waals surface area (Å²) in [7, 11) is 0. The van der Waals surface area contributed by atoms with E-state index in [-0.39, 0.29) is 38.2 Å². The number of alkyl halides is 3. The molecule has 1 saturated heterocycles. The number of carbonyl (C=O) groups is 2. The molecule has 0 aromatic carbocycles. The SMILES string of the molecule is C[C@@H]1CCc2nc3sc4c(c3c(C(F)(F)F)c2C1)NC(=O)[C@H]1CCCN1C4=O. The molecule has 0 unspecified atom stereocenters. The highest BCUT2D eigenvalue weighted by atomic mass is 32.1. The van der Waals surface area contributed by atoms with Crippen LogP contribution in [-0.2, 0) is 23.8 Å². The Morgan fingerprint density at radius 3 is 2.79 bits per heavy atom. The van der Waals surface area contributed by atoms with E-state index in [9.17, 15) is 22.8 Å². The number of pyridine rings is 1. The van der Waals surface area contributed by atoms with Crippen molar-refractivity contribution in [1.29, 1.82) is 0 Å². The van der Waals surface area contributed by atoms with Gasteiger partial charge in [0.15, 0.2) is 0 Å². The second-order valence-electron chi connectivity index (χ2n) is 7.89. The van der Waals surface area contributed by atoms with E-state index in [1.807, 2.05) is 6.92 Å². The first-order valence-electron chi connectivity index (χ1n) is 9.43. The van der Waals surface area contributed by atoms with Crippen LogP contribution in [0.15, 0.2) is 0 Å². The third kappa shape index (κ3) is 2.48. The van der Waals surface area contributed by atoms with Crippen LogP contribution in [0.1, 0.15) is 52.7 Å². The molecule has 2 aromatic heterocycles. The number of thiophene rings is 1. The Balaban J connectivity index is 1.82. The Labute approximate surface area is 162 Å². The number of aryl methyl sites for hydroxylation is 1. The van der Waals surface area contributed by atoms with Crippen molar-refractivity contribution >= 4 is 39.1 Å². The number of hydrogen-bond acceptors (Lipinski definition) is 4. The third-order valence-electron chi connectivity index (χ3n) is 6.00. The zero-order chi connectivity index (χ0) is 19.8. The van der Waals surface area contributed by atoms with Gasteiger partial charge in [0.25, 0.3) is 5.91 Å². The molecular weight excluding hydrogens is 391 g/mol. The van der Waals surface area contributed by atoms with Crippen molar-refractivity contribution < 1.29 is 22.8 Å². The van der Waals surface area contributed by atoms with Gasteiger partial charge in [-0.1, -0.05) is 6.92 Å². The van der Waals surface area contributed by atoms with Crippen molar-refractivity contribution in [2.24, 2.45) is 5.92 Å². The topological polar surface area (TPSA) is 62.3 Å². The van der Waals surface area contributed by atoms with Crippen LogP contribution in [0, 0.1) is 5.92 Å². The van der Waals surface area contributed by atoms with Gasteiger partial charge in [-0.15, -0.1) is 11.3 Å². The van der Waals surface area contributed by atoms with Crippen molar-refractivity contribution in [3.8, 4) is 0 Å². The van der Waals surface area contributed by atoms with Crippen LogP contribution < -0.4 is 5.32 Å². The molecule has 0 spiro atoms. The van der Waals surface area contributed by atoms with E-state index >= 15 is 0 Å². The van der Waals surface area contributed by atoms with Gasteiger partial charge >= 0.3 is 6.18 Å². The molecule has 0 bridgehead atoms. The molecule has 1 N–H and O–H groups in total. The average Bonchev–Trinajstić information content (AvgIpc) is 3.21. The van der Waals surface area contributed by atoms with E-state index in [0.29, 0.717) is 37.9 Å². The standard InChI is InChI=1S/C19H18F3N3O2S/c1-8-4-5-10-9(7-8)13(19(20,21)22)12-14-15(28-17(12)23-10)18(27)25-6-2-3-11(25)16(26)24-14/h8,11H,2-7H2,1H3,(H,24,26)/t8-,11-/m1/s1. The maximum atomic E-state index is 14.2. The summed E-state index contributed by atoms with van der Waals surface area (Å²) >= 11 is 0.959. The molecule has 28 heavy (non-hydrogen) atoms. The second-order valence-corrected chi connectivity index (χ2v) is 8.89. The van der Waals surface area contributed by atoms with Crippen molar-refractivity contribution in [1.82, 2.24) is 9.88 Å². The Kier molecular flexibility index (Phi) is 3.78. The summed E-state index contributed by atoms with van der Waals surface area (Å²) in [6, 6.07) is -0.609. The average molecular weight is 409 g/mol. The van der Waals surface area contributed by atoms with Crippen LogP contribution in [0.25, 0.3) is 10.2 Å². The van der Waals surface area contributed by atoms with Crippen molar-refractivity contribution in [3.63, 3.8) is 0 Å². The predicted molar refractivity (Wildman–Crippen MR) is 98.5 cm³/mol. The number of rotatable bonds is 0. The number of hydrogen-bond donors (Lipinski definition) is 1. The highest BCUT2D eigenvalue weighted by Crippen LogP contribution is 2.48. The number of carbonyl (C=O) groups excluding carboxylic acids is 2. The zero-order valence-electron chi connectivity index (χ0n) is 15.2. The first-order chi connectivity index (χ1) is 13.3. The summed E-state index contributed by atoms with van der Waals surface area (Å²) in [5.41, 5.74) is -0.0603. The van der Waals surface area contributed by atoms with Gasteiger partial charge in [0.05, 0.1) is 11.3 Å². The van der Waals surface area contributed by atoms with Crippen molar-refractivity contribution in [2.75, 3.05) is 11.9 Å². The fourth-order valence-electron chi connectivity index (χ4n) is 4.68. The summed E-state index contributed by atoms with van der Waals surface area (Å²) in [5, 5.41) is 2.52. The van der Waals surface area contributed by atoms with Crippen LogP contribution in [0.4, 0.5) is 18.9 Å². The van der Waals surface area contributed by atoms with Crippen LogP contribution in [-0.4, -0.2) is 34.3 Å². The highest BCUT2D eigenvalue weighted by molar-refractivity contribution is 7.21. The lowest BCUT2D eigenvalue weighted by atomic mass is 9.84. The largest absolute Gasteiger partial charge is 0.417 e. The minimum atomic E-state index is -4.59. The number of nitrogens with zero attached hydrogens (tertiary/aromatic N) is 2. The molecule has 9 heteroatoms. The lowest BCUT2D eigenvalue weighted by Gasteiger charge is -2.25. The van der Waals surface area contributed by atoms with Crippen molar-refractivity contribution in [2.45, 2.75) is 51.2 Å². The van der Waals surface area contributed by atoms with Gasteiger partial charge in [-0.3, -0.25) is 9.59 Å². The van der Waals surface area contributed by atoms with E-state index in [0.717, 1.165) is 17.8 Å². The minimum absolute atomic E-state index is 0.00903. The lowest BCUT2D eigenvalue weighted by molar-refractivity contribution is -0.137. The smallest absolute Gasteiger partial charge is 0.326 e. The summed E-state index contributed by atoms with van der Waals surface area (Å²) in [6.07, 6.45) is -1.77. The van der Waals surface area contributed by atoms with E-state index < -0.39 is 23.7 Å². The zero-order valence-corrected chi connectivity index (χ0v) is 16.0. The van der Waals surface area contributed by atoms with Crippen molar-refractivity contribution in [3.05, 3.63) is 21.7 Å². The maximum absolute atomic E-state index is 14.2. The van der Waals surface area contributed by atoms with Crippen LogP contribution in [0.2, 0.25) is 0 Å². The van der Waals surface area contributed by atoms with E-state index in [2.05, 4.69) is 10.3 Å². The summed E-state index contributed by atoms with van der Waals surface area (Å²) in [5.74, 6) is -0.659. The molecule has 2 aromatic rings. The minimum Gasteiger partial charge on any atom is -0.326 e. The number of amides is 2. The molecule has 2 aliphatic heterocycles. The Hall–Kier alpha value is -2.16. The molecule has 148 valence electrons. The Morgan fingerprint density at radius 2 is 2.04 bits per heavy atom. The molecule has 5 nitrogen and oxygen atoms in total. The first kappa shape index (κ1) is 17.9. The van der Waals surface area contributed by atoms with Gasteiger partial charge in [0, 0.05) is 17.6 Å². The molecule has 2 amide bonds. The van der Waals surface area contributed by atoms with Gasteiger partial charge in [0.2, 0.25) is 5.91 Å². The monoisotopic (exact) mass is 409 g/mol. The molecule has 2 atom stereocenters. The maximum Gasteiger partial charge on any atom is 0.417 e. The van der Waals surface area contributed by atoms with E-state index in [4.69, 9.17) is 0 Å². The van der Waals surface area contributed by atoms with Crippen LogP contribution >= 0.6 is 11.3 Å². The Morgan fingerprint density at radius 1 is 1.25 bits per heavy atom. The number of halogens is 3. The van der Waals surface area contributed by atoms with Gasteiger partial charge in [-0.2, -0.15) is 13.2 Å². The molecule has 3 aliphatic rings. The molecular formula is C19H18F3N3O2S. The highest BCUT2D eigenvalue weighted by Gasteiger charge is 2.44. The van der Waals surface area contributed by atoms with Crippen LogP contribution in [0.3, 0.4) is 0 Å². The normalized spacial score (nSPS) is 24.6. The fourth-order valence-corrected chi connectivity index (χ4v) is 5.79. The van der Waals surface area contributed by atoms with Crippen LogP contribution in [0.5, 0.6) is 0 Å². The second kappa shape index (κ2) is 5.92. The third-order valence-corrected chi connectivity index (χ3v) is 7.07. The van der Waals surface area contributed by atoms with Gasteiger partial charge < -0.3 is 10.2 Å². The fraction of sp³-hybridized carbons (Fsp3) is 0.526. The number of fused-ring (bicyclic) bond motifs is 5. The molecule has 0 radical (unpaired) electrons. The van der Waals surface area contributed by atoms with E-state index in [1.165, 1.54) is 4.90 Å². The molecule has 1 fully saturated rings. The lowest BCUT2D eigenvalue weighted by Crippen LogP contribution is -2.40. The first-order valence-corrected chi connectivity index (χ1v) is 10.2. The number of anilines is 1. The van der Waals surface area contributed by atoms with Gasteiger partial charge in [-0.25, -0.2) is 4.98 Å². The predicted octanol–water partition coefficient (Wildman–Crippen LogP) is 4.00. The Bertz CT molecular complexity index is 1030. The number of nitrogens with one attached hydrogen (secondary N) is 1. The quantitative estimate of drug-likeness (QED) is 0.716. The number of aromatic nitrogens is 1. The summed E-state index contributed by atoms with van der Waals surface area (Å²) < 4.78 is 42.5. The van der Waals surface area contributed by atoms with E-state index in [1.54, 1.807) is 0 Å². The molecule has 4 heterocycles. The summed E-state index contributed by atoms with van der Waals surface area (Å²) in [4.78, 5) is 32.0. The molecule has 5 rings (SSSR count).